The average Bonchev–Trinajstić information content (AvgIpc) is 2.92. The Morgan fingerprint density at radius 2 is 2.20 bits per heavy atom. The summed E-state index contributed by atoms with van der Waals surface area (Å²) in [6.45, 7) is 1.55. The van der Waals surface area contributed by atoms with Crippen LogP contribution in [0.5, 0.6) is 0 Å². The number of hydrogen-bond acceptors (Lipinski definition) is 6. The number of aliphatic hydroxyl groups excluding tert-OH is 3. The SMILES string of the molecule is Cc1c[nH]c2nc(=S)n(C3OC(CO)C(O)C3O)cc12. The Morgan fingerprint density at radius 1 is 1.45 bits per heavy atom. The number of H-pyrrole nitrogens is 1. The van der Waals surface area contributed by atoms with Crippen molar-refractivity contribution in [1.82, 2.24) is 14.5 Å². The molecule has 20 heavy (non-hydrogen) atoms. The molecule has 0 aliphatic carbocycles. The smallest absolute Gasteiger partial charge is 0.203 e. The molecule has 3 rings (SSSR count). The Balaban J connectivity index is 2.08. The van der Waals surface area contributed by atoms with E-state index in [2.05, 4.69) is 9.97 Å². The largest absolute Gasteiger partial charge is 0.394 e. The Morgan fingerprint density at radius 3 is 2.85 bits per heavy atom. The van der Waals surface area contributed by atoms with Gasteiger partial charge < -0.3 is 25.0 Å². The lowest BCUT2D eigenvalue weighted by Gasteiger charge is -2.18. The second-order valence-electron chi connectivity index (χ2n) is 4.89. The predicted molar refractivity (Wildman–Crippen MR) is 72.7 cm³/mol. The van der Waals surface area contributed by atoms with Gasteiger partial charge in [0.05, 0.1) is 6.61 Å². The van der Waals surface area contributed by atoms with E-state index < -0.39 is 24.5 Å². The van der Waals surface area contributed by atoms with Gasteiger partial charge >= 0.3 is 0 Å². The van der Waals surface area contributed by atoms with Crippen molar-refractivity contribution in [2.24, 2.45) is 0 Å². The highest BCUT2D eigenvalue weighted by molar-refractivity contribution is 7.71. The minimum absolute atomic E-state index is 0.231. The number of aliphatic hydroxyl groups is 3. The number of aryl methyl sites for hydroxylation is 1. The first-order valence-electron chi connectivity index (χ1n) is 6.22. The number of nitrogens with one attached hydrogen (secondary N) is 1. The molecular formula is C12H15N3O4S. The third kappa shape index (κ3) is 1.97. The van der Waals surface area contributed by atoms with E-state index in [0.29, 0.717) is 5.65 Å². The predicted octanol–water partition coefficient (Wildman–Crippen LogP) is 0.0138. The van der Waals surface area contributed by atoms with Gasteiger partial charge in [-0.15, -0.1) is 0 Å². The average molecular weight is 297 g/mol. The summed E-state index contributed by atoms with van der Waals surface area (Å²) in [6, 6.07) is 0. The normalized spacial score (nSPS) is 30.2. The first kappa shape index (κ1) is 13.7. The standard InChI is InChI=1S/C12H15N3O4S/c1-5-2-13-10-6(5)3-15(12(20)14-10)11-9(18)8(17)7(4-16)19-11/h2-3,7-9,11,16-18H,4H2,1H3,(H,13,14,20). The molecule has 0 radical (unpaired) electrons. The second kappa shape index (κ2) is 4.90. The first-order valence-corrected chi connectivity index (χ1v) is 6.63. The quantitative estimate of drug-likeness (QED) is 0.582. The van der Waals surface area contributed by atoms with E-state index >= 15 is 0 Å². The molecule has 4 atom stereocenters. The fourth-order valence-electron chi connectivity index (χ4n) is 2.41. The molecule has 1 aliphatic rings. The van der Waals surface area contributed by atoms with Gasteiger partial charge in [-0.1, -0.05) is 0 Å². The number of rotatable bonds is 2. The van der Waals surface area contributed by atoms with Gasteiger partial charge in [0, 0.05) is 17.8 Å². The Hall–Kier alpha value is -1.32. The Labute approximate surface area is 119 Å². The van der Waals surface area contributed by atoms with Crippen LogP contribution in [-0.4, -0.2) is 54.8 Å². The van der Waals surface area contributed by atoms with E-state index in [-0.39, 0.29) is 11.4 Å². The van der Waals surface area contributed by atoms with Crippen molar-refractivity contribution in [2.75, 3.05) is 6.61 Å². The molecule has 108 valence electrons. The summed E-state index contributed by atoms with van der Waals surface area (Å²) in [5.41, 5.74) is 1.65. The zero-order chi connectivity index (χ0) is 14.4. The number of ether oxygens (including phenoxy) is 1. The maximum atomic E-state index is 10.0. The minimum atomic E-state index is -1.17. The monoisotopic (exact) mass is 297 g/mol. The van der Waals surface area contributed by atoms with Crippen LogP contribution in [0.25, 0.3) is 11.0 Å². The highest BCUT2D eigenvalue weighted by atomic mass is 32.1. The molecule has 4 N–H and O–H groups in total. The molecule has 1 saturated heterocycles. The lowest BCUT2D eigenvalue weighted by Crippen LogP contribution is -2.33. The van der Waals surface area contributed by atoms with Crippen LogP contribution < -0.4 is 0 Å². The fraction of sp³-hybridized carbons (Fsp3) is 0.500. The highest BCUT2D eigenvalue weighted by Crippen LogP contribution is 2.30. The summed E-state index contributed by atoms with van der Waals surface area (Å²) < 4.78 is 7.20. The van der Waals surface area contributed by atoms with Gasteiger partial charge in [-0.2, -0.15) is 0 Å². The van der Waals surface area contributed by atoms with Crippen LogP contribution in [0.3, 0.4) is 0 Å². The van der Waals surface area contributed by atoms with E-state index in [1.54, 1.807) is 6.20 Å². The molecule has 0 amide bonds. The van der Waals surface area contributed by atoms with Crippen LogP contribution in [0.15, 0.2) is 12.4 Å². The summed E-state index contributed by atoms with van der Waals surface area (Å²) in [5.74, 6) is 0. The van der Waals surface area contributed by atoms with Crippen LogP contribution in [-0.2, 0) is 4.74 Å². The summed E-state index contributed by atoms with van der Waals surface area (Å²) >= 11 is 5.19. The summed E-state index contributed by atoms with van der Waals surface area (Å²) in [5, 5.41) is 29.8. The maximum Gasteiger partial charge on any atom is 0.203 e. The van der Waals surface area contributed by atoms with Gasteiger partial charge in [0.1, 0.15) is 24.0 Å². The molecule has 1 aliphatic heterocycles. The van der Waals surface area contributed by atoms with Gasteiger partial charge in [0.15, 0.2) is 6.23 Å². The fourth-order valence-corrected chi connectivity index (χ4v) is 2.66. The van der Waals surface area contributed by atoms with Gasteiger partial charge in [-0.3, -0.25) is 4.57 Å². The molecule has 2 aromatic heterocycles. The molecule has 4 unspecified atom stereocenters. The van der Waals surface area contributed by atoms with E-state index in [0.717, 1.165) is 10.9 Å². The maximum absolute atomic E-state index is 10.0. The third-order valence-electron chi connectivity index (χ3n) is 3.59. The van der Waals surface area contributed by atoms with Gasteiger partial charge in [0.25, 0.3) is 0 Å². The van der Waals surface area contributed by atoms with Crippen LogP contribution in [0.1, 0.15) is 11.8 Å². The number of aromatic nitrogens is 3. The van der Waals surface area contributed by atoms with Gasteiger partial charge in [-0.25, -0.2) is 4.98 Å². The topological polar surface area (TPSA) is 104 Å². The van der Waals surface area contributed by atoms with Crippen LogP contribution in [0.2, 0.25) is 0 Å². The number of nitrogens with zero attached hydrogens (tertiary/aromatic N) is 2. The van der Waals surface area contributed by atoms with Crippen molar-refractivity contribution in [1.29, 1.82) is 0 Å². The van der Waals surface area contributed by atoms with Crippen LogP contribution >= 0.6 is 12.2 Å². The van der Waals surface area contributed by atoms with Crippen LogP contribution in [0.4, 0.5) is 0 Å². The van der Waals surface area contributed by atoms with Crippen LogP contribution in [0, 0.1) is 11.7 Å². The van der Waals surface area contributed by atoms with E-state index in [4.69, 9.17) is 22.1 Å². The lowest BCUT2D eigenvalue weighted by molar-refractivity contribution is -0.0538. The molecule has 7 nitrogen and oxygen atoms in total. The number of fused-ring (bicyclic) bond motifs is 1. The van der Waals surface area contributed by atoms with E-state index in [9.17, 15) is 10.2 Å². The van der Waals surface area contributed by atoms with Crippen molar-refractivity contribution in [3.63, 3.8) is 0 Å². The minimum Gasteiger partial charge on any atom is -0.394 e. The molecule has 3 heterocycles. The molecule has 0 saturated carbocycles. The van der Waals surface area contributed by atoms with Crippen molar-refractivity contribution in [3.05, 3.63) is 22.7 Å². The van der Waals surface area contributed by atoms with Gasteiger partial charge in [0.2, 0.25) is 4.77 Å². The summed E-state index contributed by atoms with van der Waals surface area (Å²) in [7, 11) is 0. The van der Waals surface area contributed by atoms with Gasteiger partial charge in [-0.05, 0) is 24.7 Å². The molecule has 2 aromatic rings. The van der Waals surface area contributed by atoms with Crippen molar-refractivity contribution in [2.45, 2.75) is 31.5 Å². The highest BCUT2D eigenvalue weighted by Gasteiger charge is 2.43. The van der Waals surface area contributed by atoms with Crippen molar-refractivity contribution >= 4 is 23.3 Å². The molecular weight excluding hydrogens is 282 g/mol. The Kier molecular flexibility index (Phi) is 3.35. The number of aromatic amines is 1. The number of hydrogen-bond donors (Lipinski definition) is 4. The van der Waals surface area contributed by atoms with E-state index in [1.807, 2.05) is 13.1 Å². The molecule has 0 aromatic carbocycles. The summed E-state index contributed by atoms with van der Waals surface area (Å²) in [6.07, 6.45) is -0.474. The van der Waals surface area contributed by atoms with Crippen molar-refractivity contribution in [3.8, 4) is 0 Å². The second-order valence-corrected chi connectivity index (χ2v) is 5.26. The van der Waals surface area contributed by atoms with E-state index in [1.165, 1.54) is 4.57 Å². The summed E-state index contributed by atoms with van der Waals surface area (Å²) in [4.78, 5) is 7.24. The zero-order valence-corrected chi connectivity index (χ0v) is 11.5. The molecule has 0 spiro atoms. The first-order chi connectivity index (χ1) is 9.52. The van der Waals surface area contributed by atoms with Crippen molar-refractivity contribution < 1.29 is 20.1 Å². The lowest BCUT2D eigenvalue weighted by atomic mass is 10.1. The Bertz CT molecular complexity index is 698. The molecule has 0 bridgehead atoms. The zero-order valence-electron chi connectivity index (χ0n) is 10.7. The third-order valence-corrected chi connectivity index (χ3v) is 3.90. The molecule has 1 fully saturated rings. The molecule has 8 heteroatoms.